The third-order valence-electron chi connectivity index (χ3n) is 4.95. The summed E-state index contributed by atoms with van der Waals surface area (Å²) in [7, 11) is 1.70. The zero-order valence-corrected chi connectivity index (χ0v) is 16.8. The molecule has 0 spiro atoms. The number of fused-ring (bicyclic) bond motifs is 1. The molecule has 28 heavy (non-hydrogen) atoms. The van der Waals surface area contributed by atoms with Gasteiger partial charge in [0.15, 0.2) is 5.82 Å². The Morgan fingerprint density at radius 3 is 2.82 bits per heavy atom. The van der Waals surface area contributed by atoms with Gasteiger partial charge in [-0.1, -0.05) is 6.07 Å². The van der Waals surface area contributed by atoms with Crippen molar-refractivity contribution in [2.75, 3.05) is 37.3 Å². The molecule has 4 rings (SSSR count). The summed E-state index contributed by atoms with van der Waals surface area (Å²) in [6.45, 7) is 2.92. The van der Waals surface area contributed by atoms with E-state index in [2.05, 4.69) is 25.9 Å². The third-order valence-corrected chi connectivity index (χ3v) is 4.95. The van der Waals surface area contributed by atoms with E-state index in [0.717, 1.165) is 30.7 Å². The van der Waals surface area contributed by atoms with Crippen molar-refractivity contribution in [1.82, 2.24) is 20.3 Å². The van der Waals surface area contributed by atoms with Gasteiger partial charge in [0.2, 0.25) is 0 Å². The molecule has 0 amide bonds. The molecule has 0 radical (unpaired) electrons. The number of aromatic nitrogens is 3. The van der Waals surface area contributed by atoms with E-state index in [1.54, 1.807) is 25.5 Å². The van der Waals surface area contributed by atoms with Gasteiger partial charge < -0.3 is 16.0 Å². The molecule has 6 nitrogen and oxygen atoms in total. The first-order valence-electron chi connectivity index (χ1n) is 9.28. The van der Waals surface area contributed by atoms with E-state index in [4.69, 9.17) is 4.98 Å². The molecule has 2 aromatic heterocycles. The van der Waals surface area contributed by atoms with Gasteiger partial charge in [0, 0.05) is 31.5 Å². The molecular formula is C20H25FN6S. The van der Waals surface area contributed by atoms with Crippen LogP contribution in [0.5, 0.6) is 0 Å². The first-order valence-corrected chi connectivity index (χ1v) is 9.28. The minimum atomic E-state index is -0.307. The van der Waals surface area contributed by atoms with Gasteiger partial charge >= 0.3 is 0 Å². The Labute approximate surface area is 170 Å². The summed E-state index contributed by atoms with van der Waals surface area (Å²) in [5.41, 5.74) is 3.32. The number of nitrogens with one attached hydrogen (secondary N) is 3. The molecule has 1 atom stereocenters. The second-order valence-corrected chi connectivity index (χ2v) is 6.82. The molecule has 0 bridgehead atoms. The maximum Gasteiger partial charge on any atom is 0.154 e. The number of halogens is 1. The molecule has 3 aromatic rings. The minimum absolute atomic E-state index is 0. The number of anilines is 2. The zero-order chi connectivity index (χ0) is 18.6. The van der Waals surface area contributed by atoms with E-state index < -0.39 is 0 Å². The first kappa shape index (κ1) is 20.3. The molecule has 3 heterocycles. The average Bonchev–Trinajstić information content (AvgIpc) is 2.72. The maximum atomic E-state index is 14.2. The van der Waals surface area contributed by atoms with Crippen LogP contribution in [0.25, 0.3) is 22.3 Å². The predicted molar refractivity (Wildman–Crippen MR) is 117 cm³/mol. The number of piperidine rings is 1. The molecule has 0 saturated carbocycles. The number of pyridine rings is 1. The smallest absolute Gasteiger partial charge is 0.154 e. The van der Waals surface area contributed by atoms with E-state index in [1.807, 2.05) is 12.1 Å². The summed E-state index contributed by atoms with van der Waals surface area (Å²) >= 11 is 0. The van der Waals surface area contributed by atoms with Gasteiger partial charge in [-0.3, -0.25) is 4.98 Å². The highest BCUT2D eigenvalue weighted by molar-refractivity contribution is 7.59. The molecule has 1 saturated heterocycles. The lowest BCUT2D eigenvalue weighted by Crippen LogP contribution is -2.33. The van der Waals surface area contributed by atoms with Crippen molar-refractivity contribution in [2.45, 2.75) is 12.8 Å². The van der Waals surface area contributed by atoms with E-state index in [9.17, 15) is 4.39 Å². The summed E-state index contributed by atoms with van der Waals surface area (Å²) in [5.74, 6) is 0.946. The van der Waals surface area contributed by atoms with Gasteiger partial charge in [-0.05, 0) is 50.0 Å². The Hall–Kier alpha value is -2.45. The average molecular weight is 401 g/mol. The molecule has 1 aliphatic heterocycles. The zero-order valence-electron chi connectivity index (χ0n) is 15.8. The minimum Gasteiger partial charge on any atom is -0.386 e. The second-order valence-electron chi connectivity index (χ2n) is 6.82. The highest BCUT2D eigenvalue weighted by atomic mass is 32.1. The quantitative estimate of drug-likeness (QED) is 0.610. The Morgan fingerprint density at radius 1 is 1.21 bits per heavy atom. The molecule has 1 aliphatic rings. The fourth-order valence-corrected chi connectivity index (χ4v) is 3.46. The number of nitrogens with zero attached hydrogens (tertiary/aromatic N) is 3. The van der Waals surface area contributed by atoms with Crippen LogP contribution >= 0.6 is 13.5 Å². The highest BCUT2D eigenvalue weighted by Crippen LogP contribution is 2.28. The Kier molecular flexibility index (Phi) is 6.64. The predicted octanol–water partition coefficient (Wildman–Crippen LogP) is 3.40. The fraction of sp³-hybridized carbons (Fsp3) is 0.350. The third kappa shape index (κ3) is 4.34. The van der Waals surface area contributed by atoms with Crippen LogP contribution in [-0.4, -0.2) is 41.6 Å². The Balaban J connectivity index is 0.00000225. The molecule has 0 aliphatic carbocycles. The van der Waals surface area contributed by atoms with Crippen LogP contribution in [0, 0.1) is 11.7 Å². The van der Waals surface area contributed by atoms with Crippen molar-refractivity contribution < 1.29 is 4.39 Å². The van der Waals surface area contributed by atoms with Gasteiger partial charge in [0.05, 0.1) is 16.9 Å². The molecule has 0 unspecified atom stereocenters. The van der Waals surface area contributed by atoms with Crippen molar-refractivity contribution >= 4 is 36.0 Å². The van der Waals surface area contributed by atoms with Gasteiger partial charge in [0.1, 0.15) is 11.3 Å². The summed E-state index contributed by atoms with van der Waals surface area (Å²) < 4.78 is 14.2. The van der Waals surface area contributed by atoms with Crippen LogP contribution in [0.3, 0.4) is 0 Å². The normalized spacial score (nSPS) is 16.4. The van der Waals surface area contributed by atoms with E-state index in [-0.39, 0.29) is 19.3 Å². The summed E-state index contributed by atoms with van der Waals surface area (Å²) in [6, 6.07) is 6.91. The lowest BCUT2D eigenvalue weighted by Gasteiger charge is -2.23. The molecule has 1 aromatic carbocycles. The molecule has 1 fully saturated rings. The summed E-state index contributed by atoms with van der Waals surface area (Å²) in [6.07, 6.45) is 5.71. The van der Waals surface area contributed by atoms with Crippen molar-refractivity contribution in [3.8, 4) is 11.3 Å². The van der Waals surface area contributed by atoms with Gasteiger partial charge in [0.25, 0.3) is 0 Å². The Bertz CT molecular complexity index is 945. The van der Waals surface area contributed by atoms with Crippen molar-refractivity contribution in [1.29, 1.82) is 0 Å². The standard InChI is InChI=1S/C20H23FN6.H2S/c1-22-16-5-4-14(9-15(16)21)17-10-18-19(25-8-7-24-18)20(27-17)26-12-13-3-2-6-23-11-13;/h4-5,7-10,13,22-23H,2-3,6,11-12H2,1H3,(H,26,27);1H2/t13-;/m0./s1. The van der Waals surface area contributed by atoms with Crippen LogP contribution in [0.2, 0.25) is 0 Å². The van der Waals surface area contributed by atoms with Crippen LogP contribution in [0.1, 0.15) is 12.8 Å². The van der Waals surface area contributed by atoms with Crippen LogP contribution in [0.4, 0.5) is 15.9 Å². The van der Waals surface area contributed by atoms with Crippen molar-refractivity contribution in [2.24, 2.45) is 5.92 Å². The van der Waals surface area contributed by atoms with E-state index >= 15 is 0 Å². The summed E-state index contributed by atoms with van der Waals surface area (Å²) in [5, 5.41) is 9.71. The largest absolute Gasteiger partial charge is 0.386 e. The van der Waals surface area contributed by atoms with E-state index in [0.29, 0.717) is 28.7 Å². The van der Waals surface area contributed by atoms with Gasteiger partial charge in [-0.15, -0.1) is 0 Å². The maximum absolute atomic E-state index is 14.2. The lowest BCUT2D eigenvalue weighted by molar-refractivity contribution is 0.392. The highest BCUT2D eigenvalue weighted by Gasteiger charge is 2.15. The summed E-state index contributed by atoms with van der Waals surface area (Å²) in [4.78, 5) is 13.6. The van der Waals surface area contributed by atoms with Crippen LogP contribution < -0.4 is 16.0 Å². The van der Waals surface area contributed by atoms with Crippen LogP contribution in [0.15, 0.2) is 36.7 Å². The second kappa shape index (κ2) is 9.16. The van der Waals surface area contributed by atoms with Crippen LogP contribution in [-0.2, 0) is 0 Å². The number of hydrogen-bond donors (Lipinski definition) is 3. The number of hydrogen-bond acceptors (Lipinski definition) is 6. The fourth-order valence-electron chi connectivity index (χ4n) is 3.46. The number of rotatable bonds is 5. The van der Waals surface area contributed by atoms with Gasteiger partial charge in [-0.2, -0.15) is 13.5 Å². The molecule has 3 N–H and O–H groups in total. The molecular weight excluding hydrogens is 375 g/mol. The first-order chi connectivity index (χ1) is 13.2. The lowest BCUT2D eigenvalue weighted by atomic mass is 10.00. The topological polar surface area (TPSA) is 74.8 Å². The van der Waals surface area contributed by atoms with Gasteiger partial charge in [-0.25, -0.2) is 14.4 Å². The molecule has 8 heteroatoms. The van der Waals surface area contributed by atoms with Crippen molar-refractivity contribution in [3.63, 3.8) is 0 Å². The SMILES string of the molecule is CNc1ccc(-c2cc3nccnc3c(NC[C@H]3CCCNC3)n2)cc1F.S. The van der Waals surface area contributed by atoms with E-state index in [1.165, 1.54) is 18.9 Å². The monoisotopic (exact) mass is 400 g/mol. The molecule has 148 valence electrons. The van der Waals surface area contributed by atoms with Crippen molar-refractivity contribution in [3.05, 3.63) is 42.5 Å². The number of benzene rings is 1. The Morgan fingerprint density at radius 2 is 2.07 bits per heavy atom.